The Balaban J connectivity index is 1.30. The van der Waals surface area contributed by atoms with Crippen LogP contribution in [0.3, 0.4) is 0 Å². The van der Waals surface area contributed by atoms with Gasteiger partial charge in [0.15, 0.2) is 12.4 Å². The molecule has 0 N–H and O–H groups in total. The Hall–Kier alpha value is -3.15. The number of ether oxygens (including phenoxy) is 1. The van der Waals surface area contributed by atoms with Gasteiger partial charge < -0.3 is 14.2 Å². The molecule has 1 atom stereocenters. The molecule has 28 heavy (non-hydrogen) atoms. The summed E-state index contributed by atoms with van der Waals surface area (Å²) in [7, 11) is 0. The van der Waals surface area contributed by atoms with Gasteiger partial charge in [-0.1, -0.05) is 41.6 Å². The molecule has 0 aliphatic carbocycles. The van der Waals surface area contributed by atoms with Crippen molar-refractivity contribution in [2.45, 2.75) is 31.7 Å². The Morgan fingerprint density at radius 2 is 1.86 bits per heavy atom. The van der Waals surface area contributed by atoms with Gasteiger partial charge in [-0.3, -0.25) is 4.79 Å². The predicted molar refractivity (Wildman–Crippen MR) is 105 cm³/mol. The molecule has 1 aromatic heterocycles. The average molecular weight is 377 g/mol. The second-order valence-electron chi connectivity index (χ2n) is 6.91. The van der Waals surface area contributed by atoms with Crippen LogP contribution >= 0.6 is 0 Å². The molecule has 1 amide bonds. The van der Waals surface area contributed by atoms with E-state index >= 15 is 0 Å². The van der Waals surface area contributed by atoms with Crippen LogP contribution in [-0.2, 0) is 11.2 Å². The number of aromatic nitrogens is 2. The number of likely N-dealkylation sites (tertiary alicyclic amines) is 1. The molecule has 0 radical (unpaired) electrons. The molecule has 2 heterocycles. The van der Waals surface area contributed by atoms with Crippen molar-refractivity contribution in [3.8, 4) is 17.2 Å². The van der Waals surface area contributed by atoms with Crippen LogP contribution in [0.15, 0.2) is 65.2 Å². The quantitative estimate of drug-likeness (QED) is 0.627. The molecule has 6 heteroatoms. The first kappa shape index (κ1) is 18.2. The highest BCUT2D eigenvalue weighted by atomic mass is 16.5. The van der Waals surface area contributed by atoms with E-state index < -0.39 is 0 Å². The third kappa shape index (κ3) is 4.39. The first-order valence-electron chi connectivity index (χ1n) is 9.65. The van der Waals surface area contributed by atoms with E-state index in [1.807, 2.05) is 65.6 Å². The van der Waals surface area contributed by atoms with Crippen LogP contribution in [0.1, 0.15) is 25.1 Å². The predicted octanol–water partition coefficient (Wildman–Crippen LogP) is 3.74. The molecule has 3 aromatic rings. The van der Waals surface area contributed by atoms with Crippen molar-refractivity contribution < 1.29 is 14.1 Å². The fourth-order valence-electron chi connectivity index (χ4n) is 3.56. The summed E-state index contributed by atoms with van der Waals surface area (Å²) in [6, 6.07) is 19.4. The minimum Gasteiger partial charge on any atom is -0.484 e. The van der Waals surface area contributed by atoms with Crippen molar-refractivity contribution in [2.75, 3.05) is 13.2 Å². The number of nitrogens with zero attached hydrogens (tertiary/aromatic N) is 3. The summed E-state index contributed by atoms with van der Waals surface area (Å²) < 4.78 is 11.0. The van der Waals surface area contributed by atoms with Gasteiger partial charge in [-0.2, -0.15) is 4.98 Å². The van der Waals surface area contributed by atoms with Crippen molar-refractivity contribution >= 4 is 5.91 Å². The van der Waals surface area contributed by atoms with Crippen molar-refractivity contribution in [3.63, 3.8) is 0 Å². The smallest absolute Gasteiger partial charge is 0.260 e. The van der Waals surface area contributed by atoms with Gasteiger partial charge in [0.25, 0.3) is 11.8 Å². The van der Waals surface area contributed by atoms with Crippen LogP contribution in [0.5, 0.6) is 5.75 Å². The number of rotatable bonds is 7. The zero-order chi connectivity index (χ0) is 19.2. The van der Waals surface area contributed by atoms with Gasteiger partial charge in [0, 0.05) is 24.6 Å². The van der Waals surface area contributed by atoms with Crippen molar-refractivity contribution in [1.82, 2.24) is 15.0 Å². The maximum atomic E-state index is 12.6. The third-order valence-corrected chi connectivity index (χ3v) is 4.99. The maximum Gasteiger partial charge on any atom is 0.260 e. The summed E-state index contributed by atoms with van der Waals surface area (Å²) in [6.07, 6.45) is 3.53. The normalized spacial score (nSPS) is 16.3. The lowest BCUT2D eigenvalue weighted by Gasteiger charge is -2.24. The summed E-state index contributed by atoms with van der Waals surface area (Å²) >= 11 is 0. The molecule has 0 saturated carbocycles. The third-order valence-electron chi connectivity index (χ3n) is 4.99. The maximum absolute atomic E-state index is 12.6. The fraction of sp³-hybridized carbons (Fsp3) is 0.318. The topological polar surface area (TPSA) is 68.5 Å². The minimum atomic E-state index is 0.0319. The summed E-state index contributed by atoms with van der Waals surface area (Å²) in [6.45, 7) is 0.851. The van der Waals surface area contributed by atoms with Crippen LogP contribution in [0.25, 0.3) is 11.5 Å². The molecular weight excluding hydrogens is 354 g/mol. The van der Waals surface area contributed by atoms with Gasteiger partial charge in [-0.05, 0) is 43.5 Å². The van der Waals surface area contributed by atoms with Crippen molar-refractivity contribution in [1.29, 1.82) is 0 Å². The molecule has 0 spiro atoms. The Kier molecular flexibility index (Phi) is 5.66. The number of carbonyl (C=O) groups is 1. The zero-order valence-corrected chi connectivity index (χ0v) is 15.7. The molecule has 1 unspecified atom stereocenters. The van der Waals surface area contributed by atoms with E-state index in [1.54, 1.807) is 0 Å². The first-order valence-corrected chi connectivity index (χ1v) is 9.65. The molecule has 1 fully saturated rings. The van der Waals surface area contributed by atoms with E-state index in [0.29, 0.717) is 23.9 Å². The number of benzene rings is 2. The molecular formula is C22H23N3O3. The highest BCUT2D eigenvalue weighted by Crippen LogP contribution is 2.23. The van der Waals surface area contributed by atoms with Crippen LogP contribution in [0.4, 0.5) is 0 Å². The number of para-hydroxylation sites is 1. The molecule has 4 rings (SSSR count). The van der Waals surface area contributed by atoms with Crippen molar-refractivity contribution in [2.24, 2.45) is 0 Å². The second-order valence-corrected chi connectivity index (χ2v) is 6.91. The molecule has 144 valence electrons. The summed E-state index contributed by atoms with van der Waals surface area (Å²) in [5.41, 5.74) is 0.914. The van der Waals surface area contributed by atoms with Gasteiger partial charge in [-0.25, -0.2) is 0 Å². The molecule has 6 nitrogen and oxygen atoms in total. The monoisotopic (exact) mass is 377 g/mol. The summed E-state index contributed by atoms with van der Waals surface area (Å²) in [5.74, 6) is 1.96. The van der Waals surface area contributed by atoms with Gasteiger partial charge in [0.05, 0.1) is 0 Å². The van der Waals surface area contributed by atoms with E-state index in [2.05, 4.69) is 10.1 Å². The standard InChI is InChI=1S/C22H23N3O3/c26-21(16-27-19-11-5-2-6-12-19)25-15-7-10-18(25)13-14-20-23-22(28-24-20)17-8-3-1-4-9-17/h1-6,8-9,11-12,18H,7,10,13-16H2. The summed E-state index contributed by atoms with van der Waals surface area (Å²) in [4.78, 5) is 19.0. The number of amides is 1. The number of hydrogen-bond acceptors (Lipinski definition) is 5. The van der Waals surface area contributed by atoms with Gasteiger partial charge in [0.2, 0.25) is 0 Å². The molecule has 2 aromatic carbocycles. The molecule has 0 bridgehead atoms. The zero-order valence-electron chi connectivity index (χ0n) is 15.7. The summed E-state index contributed by atoms with van der Waals surface area (Å²) in [5, 5.41) is 4.09. The average Bonchev–Trinajstić information content (AvgIpc) is 3.41. The van der Waals surface area contributed by atoms with Gasteiger partial charge in [0.1, 0.15) is 5.75 Å². The van der Waals surface area contributed by atoms with Gasteiger partial charge in [-0.15, -0.1) is 0 Å². The highest BCUT2D eigenvalue weighted by Gasteiger charge is 2.29. The molecule has 1 aliphatic rings. The Labute approximate surface area is 164 Å². The van der Waals surface area contributed by atoms with Crippen molar-refractivity contribution in [3.05, 3.63) is 66.5 Å². The minimum absolute atomic E-state index is 0.0319. The number of hydrogen-bond donors (Lipinski definition) is 0. The van der Waals surface area contributed by atoms with Crippen LogP contribution in [0, 0.1) is 0 Å². The van der Waals surface area contributed by atoms with Crippen LogP contribution in [0.2, 0.25) is 0 Å². The first-order chi connectivity index (χ1) is 13.8. The van der Waals surface area contributed by atoms with E-state index in [-0.39, 0.29) is 18.6 Å². The number of aryl methyl sites for hydroxylation is 1. The van der Waals surface area contributed by atoms with Gasteiger partial charge >= 0.3 is 0 Å². The second kappa shape index (κ2) is 8.69. The van der Waals surface area contributed by atoms with Crippen LogP contribution < -0.4 is 4.74 Å². The lowest BCUT2D eigenvalue weighted by atomic mass is 10.1. The Morgan fingerprint density at radius 1 is 1.11 bits per heavy atom. The molecule has 1 saturated heterocycles. The lowest BCUT2D eigenvalue weighted by molar-refractivity contribution is -0.134. The van der Waals surface area contributed by atoms with E-state index in [0.717, 1.165) is 31.4 Å². The largest absolute Gasteiger partial charge is 0.484 e. The Morgan fingerprint density at radius 3 is 2.64 bits per heavy atom. The van der Waals surface area contributed by atoms with E-state index in [4.69, 9.17) is 9.26 Å². The molecule has 1 aliphatic heterocycles. The van der Waals surface area contributed by atoms with Crippen LogP contribution in [-0.4, -0.2) is 40.1 Å². The lowest BCUT2D eigenvalue weighted by Crippen LogP contribution is -2.38. The SMILES string of the molecule is O=C(COc1ccccc1)N1CCCC1CCc1noc(-c2ccccc2)n1. The Bertz CT molecular complexity index is 896. The van der Waals surface area contributed by atoms with E-state index in [1.165, 1.54) is 0 Å². The fourth-order valence-corrected chi connectivity index (χ4v) is 3.56. The number of carbonyl (C=O) groups excluding carboxylic acids is 1. The highest BCUT2D eigenvalue weighted by molar-refractivity contribution is 5.78. The van der Waals surface area contributed by atoms with E-state index in [9.17, 15) is 4.79 Å².